The molecule has 0 spiro atoms. The second-order valence-corrected chi connectivity index (χ2v) is 4.36. The van der Waals surface area contributed by atoms with E-state index in [0.717, 1.165) is 33.2 Å². The fourth-order valence-electron chi connectivity index (χ4n) is 1.19. The van der Waals surface area contributed by atoms with Crippen molar-refractivity contribution >= 4 is 11.8 Å². The monoisotopic (exact) mass is 213 g/mol. The molecule has 0 amide bonds. The molecule has 0 aliphatic rings. The summed E-state index contributed by atoms with van der Waals surface area (Å²) in [5.74, 6) is 0.887. The molecule has 0 radical (unpaired) electrons. The minimum Gasteiger partial charge on any atom is -0.618 e. The lowest BCUT2D eigenvalue weighted by atomic mass is 10.3. The zero-order valence-electron chi connectivity index (χ0n) is 8.49. The fraction of sp³-hybridized carbons (Fsp3) is 0.500. The van der Waals surface area contributed by atoms with Crippen molar-refractivity contribution in [1.82, 2.24) is 0 Å². The number of aryl methyl sites for hydroxylation is 2. The average Bonchev–Trinajstić information content (AvgIpc) is 2.14. The van der Waals surface area contributed by atoms with Crippen LogP contribution in [-0.2, 0) is 0 Å². The van der Waals surface area contributed by atoms with Gasteiger partial charge in [-0.05, 0) is 6.42 Å². The number of hydrogen-bond donors (Lipinski definition) is 1. The molecule has 78 valence electrons. The number of thioether (sulfide) groups is 1. The highest BCUT2D eigenvalue weighted by atomic mass is 32.2. The molecular formula is C10H15NO2S. The Morgan fingerprint density at radius 1 is 1.36 bits per heavy atom. The molecule has 0 aromatic carbocycles. The van der Waals surface area contributed by atoms with Gasteiger partial charge in [0.1, 0.15) is 0 Å². The first kappa shape index (κ1) is 11.3. The molecule has 3 nitrogen and oxygen atoms in total. The smallest absolute Gasteiger partial charge is 0.191 e. The molecule has 1 aromatic rings. The summed E-state index contributed by atoms with van der Waals surface area (Å²) < 4.78 is 0.927. The van der Waals surface area contributed by atoms with Gasteiger partial charge in [-0.2, -0.15) is 4.73 Å². The predicted molar refractivity (Wildman–Crippen MR) is 57.3 cm³/mol. The summed E-state index contributed by atoms with van der Waals surface area (Å²) in [5, 5.41) is 19.9. The Kier molecular flexibility index (Phi) is 4.22. The molecule has 0 fully saturated rings. The van der Waals surface area contributed by atoms with Crippen molar-refractivity contribution in [2.24, 2.45) is 0 Å². The van der Waals surface area contributed by atoms with E-state index in [-0.39, 0.29) is 6.61 Å². The van der Waals surface area contributed by atoms with Crippen molar-refractivity contribution in [3.05, 3.63) is 28.7 Å². The van der Waals surface area contributed by atoms with E-state index in [9.17, 15) is 5.21 Å². The van der Waals surface area contributed by atoms with Crippen LogP contribution in [0.4, 0.5) is 0 Å². The molecule has 0 aliphatic heterocycles. The highest BCUT2D eigenvalue weighted by Gasteiger charge is 2.06. The summed E-state index contributed by atoms with van der Waals surface area (Å²) in [7, 11) is 0. The van der Waals surface area contributed by atoms with E-state index in [1.54, 1.807) is 25.6 Å². The maximum absolute atomic E-state index is 11.3. The van der Waals surface area contributed by atoms with Crippen LogP contribution in [0.3, 0.4) is 0 Å². The first-order valence-corrected chi connectivity index (χ1v) is 5.58. The summed E-state index contributed by atoms with van der Waals surface area (Å²) in [6, 6.07) is 3.75. The van der Waals surface area contributed by atoms with Crippen LogP contribution >= 0.6 is 11.8 Å². The molecular weight excluding hydrogens is 198 g/mol. The first-order chi connectivity index (χ1) is 6.65. The van der Waals surface area contributed by atoms with E-state index in [1.807, 2.05) is 12.1 Å². The van der Waals surface area contributed by atoms with Crippen LogP contribution < -0.4 is 4.73 Å². The van der Waals surface area contributed by atoms with Gasteiger partial charge in [-0.15, -0.1) is 11.8 Å². The summed E-state index contributed by atoms with van der Waals surface area (Å²) >= 11 is 1.67. The van der Waals surface area contributed by atoms with E-state index in [1.165, 1.54) is 0 Å². The van der Waals surface area contributed by atoms with Crippen LogP contribution in [0.2, 0.25) is 0 Å². The zero-order valence-corrected chi connectivity index (χ0v) is 9.30. The molecule has 0 saturated carbocycles. The lowest BCUT2D eigenvalue weighted by Crippen LogP contribution is -2.33. The Morgan fingerprint density at radius 3 is 2.43 bits per heavy atom. The van der Waals surface area contributed by atoms with Crippen molar-refractivity contribution < 1.29 is 9.84 Å². The third-order valence-corrected chi connectivity index (χ3v) is 2.98. The van der Waals surface area contributed by atoms with Gasteiger partial charge in [-0.25, -0.2) is 0 Å². The van der Waals surface area contributed by atoms with Gasteiger partial charge < -0.3 is 10.3 Å². The molecule has 1 heterocycles. The number of aromatic nitrogens is 1. The van der Waals surface area contributed by atoms with Crippen molar-refractivity contribution in [2.75, 3.05) is 12.4 Å². The summed E-state index contributed by atoms with van der Waals surface area (Å²) in [5.41, 5.74) is 1.44. The van der Waals surface area contributed by atoms with E-state index in [2.05, 4.69) is 0 Å². The van der Waals surface area contributed by atoms with Crippen LogP contribution in [0.15, 0.2) is 17.0 Å². The maximum atomic E-state index is 11.3. The Hall–Kier alpha value is -0.740. The van der Waals surface area contributed by atoms with Crippen LogP contribution in [0, 0.1) is 19.1 Å². The molecule has 0 atom stereocenters. The van der Waals surface area contributed by atoms with Gasteiger partial charge in [0.25, 0.3) is 0 Å². The minimum atomic E-state index is 0.222. The average molecular weight is 213 g/mol. The number of nitrogens with zero attached hydrogens (tertiary/aromatic N) is 1. The van der Waals surface area contributed by atoms with Crippen molar-refractivity contribution in [1.29, 1.82) is 0 Å². The van der Waals surface area contributed by atoms with E-state index >= 15 is 0 Å². The summed E-state index contributed by atoms with van der Waals surface area (Å²) in [6.07, 6.45) is 0.787. The normalized spacial score (nSPS) is 10.5. The van der Waals surface area contributed by atoms with Crippen molar-refractivity contribution in [3.8, 4) is 0 Å². The van der Waals surface area contributed by atoms with Crippen LogP contribution in [-0.4, -0.2) is 17.5 Å². The second-order valence-electron chi connectivity index (χ2n) is 3.19. The Balaban J connectivity index is 2.69. The van der Waals surface area contributed by atoms with Crippen molar-refractivity contribution in [3.63, 3.8) is 0 Å². The lowest BCUT2D eigenvalue weighted by molar-refractivity contribution is -0.619. The van der Waals surface area contributed by atoms with Gasteiger partial charge in [0.2, 0.25) is 0 Å². The Bertz CT molecular complexity index is 292. The highest BCUT2D eigenvalue weighted by molar-refractivity contribution is 7.99. The second kappa shape index (κ2) is 5.22. The fourth-order valence-corrected chi connectivity index (χ4v) is 2.20. The maximum Gasteiger partial charge on any atom is 0.191 e. The van der Waals surface area contributed by atoms with Crippen molar-refractivity contribution in [2.45, 2.75) is 25.2 Å². The van der Waals surface area contributed by atoms with Crippen LogP contribution in [0.5, 0.6) is 0 Å². The number of rotatable bonds is 4. The number of hydrogen-bond acceptors (Lipinski definition) is 3. The predicted octanol–water partition coefficient (Wildman–Crippen LogP) is 1.41. The quantitative estimate of drug-likeness (QED) is 0.356. The van der Waals surface area contributed by atoms with E-state index < -0.39 is 0 Å². The molecule has 0 unspecified atom stereocenters. The summed E-state index contributed by atoms with van der Waals surface area (Å²) in [6.45, 7) is 3.82. The van der Waals surface area contributed by atoms with Gasteiger partial charge in [-0.3, -0.25) is 0 Å². The van der Waals surface area contributed by atoms with Crippen LogP contribution in [0.1, 0.15) is 17.8 Å². The highest BCUT2D eigenvalue weighted by Crippen LogP contribution is 2.19. The number of aliphatic hydroxyl groups excluding tert-OH is 1. The van der Waals surface area contributed by atoms with Gasteiger partial charge >= 0.3 is 0 Å². The molecule has 0 saturated heterocycles. The standard InChI is InChI=1S/C10H15NO2S/c1-8-6-10(14-5-3-4-12)7-9(2)11(8)13/h6-7,12H,3-5H2,1-2H3. The zero-order chi connectivity index (χ0) is 10.6. The Labute approximate surface area is 88.4 Å². The minimum absolute atomic E-state index is 0.222. The topological polar surface area (TPSA) is 47.2 Å². The third-order valence-electron chi connectivity index (χ3n) is 1.91. The Morgan fingerprint density at radius 2 is 1.93 bits per heavy atom. The van der Waals surface area contributed by atoms with Gasteiger partial charge in [0, 0.05) is 43.2 Å². The lowest BCUT2D eigenvalue weighted by Gasteiger charge is -2.06. The number of aliphatic hydroxyl groups is 1. The van der Waals surface area contributed by atoms with E-state index in [0.29, 0.717) is 0 Å². The van der Waals surface area contributed by atoms with Gasteiger partial charge in [0.05, 0.1) is 0 Å². The summed E-state index contributed by atoms with van der Waals surface area (Å²) in [4.78, 5) is 1.10. The molecule has 4 heteroatoms. The molecule has 0 bridgehead atoms. The molecule has 1 N–H and O–H groups in total. The van der Waals surface area contributed by atoms with Crippen LogP contribution in [0.25, 0.3) is 0 Å². The van der Waals surface area contributed by atoms with Gasteiger partial charge in [-0.1, -0.05) is 0 Å². The largest absolute Gasteiger partial charge is 0.618 e. The molecule has 14 heavy (non-hydrogen) atoms. The van der Waals surface area contributed by atoms with E-state index in [4.69, 9.17) is 5.11 Å². The number of pyridine rings is 1. The third kappa shape index (κ3) is 2.89. The molecule has 1 aromatic heterocycles. The molecule has 0 aliphatic carbocycles. The SMILES string of the molecule is Cc1cc(SCCCO)cc(C)[n+]1[O-]. The first-order valence-electron chi connectivity index (χ1n) is 4.59. The van der Waals surface area contributed by atoms with Gasteiger partial charge in [0.15, 0.2) is 11.4 Å². The molecule has 1 rings (SSSR count).